The average Bonchev–Trinajstić information content (AvgIpc) is 3.25. The maximum absolute atomic E-state index is 2.96. The molecule has 0 N–H and O–H groups in total. The fraction of sp³-hybridized carbons (Fsp3) is 0.590. The fourth-order valence-electron chi connectivity index (χ4n) is 9.99. The number of allylic oxidation sites excluding steroid dienone is 4. The fourth-order valence-corrected chi connectivity index (χ4v) is 16.6. The predicted molar refractivity (Wildman–Crippen MR) is 183 cm³/mol. The molecule has 0 bridgehead atoms. The largest absolute Gasteiger partial charge is 0.314 e. The van der Waals surface area contributed by atoms with Gasteiger partial charge in [0.25, 0.3) is 0 Å². The van der Waals surface area contributed by atoms with Crippen LogP contribution in [-0.2, 0) is 10.8 Å². The molecule has 1 nitrogen and oxygen atoms in total. The minimum atomic E-state index is -1.82. The van der Waals surface area contributed by atoms with Crippen LogP contribution in [0.25, 0.3) is 16.7 Å². The minimum absolute atomic E-state index is 0.0324. The number of hydrogen-bond acceptors (Lipinski definition) is 1. The summed E-state index contributed by atoms with van der Waals surface area (Å²) < 4.78 is 2.96. The Kier molecular flexibility index (Phi) is 7.12. The Bertz CT molecular complexity index is 1370. The Morgan fingerprint density at radius 2 is 1.34 bits per heavy atom. The molecule has 0 amide bonds. The van der Waals surface area contributed by atoms with Crippen molar-refractivity contribution in [3.63, 3.8) is 0 Å². The number of hydrogen-bond donors (Lipinski definition) is 0. The van der Waals surface area contributed by atoms with Crippen LogP contribution in [-0.4, -0.2) is 23.9 Å². The smallest absolute Gasteiger partial charge is 0.127 e. The Morgan fingerprint density at radius 1 is 0.780 bits per heavy atom. The van der Waals surface area contributed by atoms with Gasteiger partial charge in [0.2, 0.25) is 0 Å². The van der Waals surface area contributed by atoms with Crippen molar-refractivity contribution in [2.45, 2.75) is 130 Å². The summed E-state index contributed by atoms with van der Waals surface area (Å²) in [6, 6.07) is 16.5. The van der Waals surface area contributed by atoms with Gasteiger partial charge in [-0.15, -0.1) is 0 Å². The molecule has 0 spiro atoms. The zero-order valence-corrected chi connectivity index (χ0v) is 29.7. The van der Waals surface area contributed by atoms with Gasteiger partial charge in [-0.1, -0.05) is 103 Å². The highest BCUT2D eigenvalue weighted by Gasteiger charge is 2.56. The maximum atomic E-state index is 2.96. The van der Waals surface area contributed by atoms with Crippen LogP contribution in [0.4, 0.5) is 0 Å². The van der Waals surface area contributed by atoms with Gasteiger partial charge in [-0.2, -0.15) is 0 Å². The van der Waals surface area contributed by atoms with E-state index in [9.17, 15) is 0 Å². The lowest BCUT2D eigenvalue weighted by Gasteiger charge is -2.57. The second-order valence-corrected chi connectivity index (χ2v) is 22.1. The van der Waals surface area contributed by atoms with Gasteiger partial charge in [-0.25, -0.2) is 0 Å². The standard InChI is InChI=1S/C39H57NSi/c1-25-21-28-23-34-32(24-31(28)35(25)41(13,14)40(37(5,6)7)38(8,9)10)30-20-17-27(22-33(30)39(34,11)12)26-15-18-29(19-16-26)36(2,3)4/h15-20,22-25,28,31,35H,21H2,1-14H3. The molecule has 0 heterocycles. The summed E-state index contributed by atoms with van der Waals surface area (Å²) in [5.74, 6) is 2.02. The molecular weight excluding hydrogens is 511 g/mol. The Hall–Kier alpha value is -1.90. The van der Waals surface area contributed by atoms with Gasteiger partial charge < -0.3 is 4.57 Å². The van der Waals surface area contributed by atoms with E-state index in [1.807, 2.05) is 0 Å². The highest BCUT2D eigenvalue weighted by molar-refractivity contribution is 6.76. The van der Waals surface area contributed by atoms with Gasteiger partial charge in [0.15, 0.2) is 0 Å². The van der Waals surface area contributed by atoms with Crippen LogP contribution in [0.3, 0.4) is 0 Å². The van der Waals surface area contributed by atoms with E-state index in [1.54, 1.807) is 5.57 Å². The van der Waals surface area contributed by atoms with Crippen molar-refractivity contribution >= 4 is 13.8 Å². The first kappa shape index (κ1) is 30.6. The summed E-state index contributed by atoms with van der Waals surface area (Å²) in [5, 5.41) is 0. The third kappa shape index (κ3) is 5.05. The maximum Gasteiger partial charge on any atom is 0.127 e. The van der Waals surface area contributed by atoms with E-state index in [2.05, 4.69) is 155 Å². The molecule has 4 atom stereocenters. The molecule has 4 unspecified atom stereocenters. The second-order valence-electron chi connectivity index (χ2n) is 17.7. The van der Waals surface area contributed by atoms with Gasteiger partial charge in [-0.3, -0.25) is 0 Å². The van der Waals surface area contributed by atoms with Crippen molar-refractivity contribution in [3.8, 4) is 11.1 Å². The van der Waals surface area contributed by atoms with Crippen molar-refractivity contribution in [1.29, 1.82) is 0 Å². The molecule has 2 heteroatoms. The molecule has 41 heavy (non-hydrogen) atoms. The Balaban J connectivity index is 1.56. The zero-order chi connectivity index (χ0) is 30.5. The first-order chi connectivity index (χ1) is 18.6. The molecule has 0 aromatic heterocycles. The number of fused-ring (bicyclic) bond motifs is 4. The highest BCUT2D eigenvalue weighted by Crippen LogP contribution is 2.61. The third-order valence-electron chi connectivity index (χ3n) is 10.7. The molecule has 5 rings (SSSR count). The second kappa shape index (κ2) is 9.55. The molecule has 2 aromatic rings. The molecule has 2 aromatic carbocycles. The molecular formula is C39H57NSi. The van der Waals surface area contributed by atoms with Crippen LogP contribution in [0.15, 0.2) is 60.2 Å². The van der Waals surface area contributed by atoms with Crippen LogP contribution < -0.4 is 0 Å². The first-order valence-electron chi connectivity index (χ1n) is 16.2. The van der Waals surface area contributed by atoms with Crippen molar-refractivity contribution in [3.05, 3.63) is 76.9 Å². The zero-order valence-electron chi connectivity index (χ0n) is 28.7. The third-order valence-corrected chi connectivity index (χ3v) is 15.8. The lowest BCUT2D eigenvalue weighted by molar-refractivity contribution is 0.121. The monoisotopic (exact) mass is 567 g/mol. The predicted octanol–water partition coefficient (Wildman–Crippen LogP) is 11.0. The van der Waals surface area contributed by atoms with Gasteiger partial charge in [0.1, 0.15) is 8.24 Å². The first-order valence-corrected chi connectivity index (χ1v) is 19.2. The molecule has 0 aliphatic heterocycles. The van der Waals surface area contributed by atoms with E-state index in [-0.39, 0.29) is 21.9 Å². The molecule has 0 radical (unpaired) electrons. The van der Waals surface area contributed by atoms with Crippen LogP contribution in [0.5, 0.6) is 0 Å². The van der Waals surface area contributed by atoms with E-state index < -0.39 is 8.24 Å². The van der Waals surface area contributed by atoms with Gasteiger partial charge in [-0.05, 0) is 122 Å². The molecule has 3 aliphatic carbocycles. The molecule has 1 saturated carbocycles. The van der Waals surface area contributed by atoms with Gasteiger partial charge >= 0.3 is 0 Å². The topological polar surface area (TPSA) is 3.24 Å². The van der Waals surface area contributed by atoms with E-state index in [4.69, 9.17) is 0 Å². The minimum Gasteiger partial charge on any atom is -0.314 e. The molecule has 1 fully saturated rings. The van der Waals surface area contributed by atoms with Crippen molar-refractivity contribution in [2.75, 3.05) is 0 Å². The van der Waals surface area contributed by atoms with E-state index >= 15 is 0 Å². The molecule has 0 saturated heterocycles. The van der Waals surface area contributed by atoms with Crippen LogP contribution in [0.1, 0.15) is 106 Å². The number of nitrogens with zero attached hydrogens (tertiary/aromatic N) is 1. The average molecular weight is 568 g/mol. The summed E-state index contributed by atoms with van der Waals surface area (Å²) in [5.41, 5.74) is 11.4. The molecule has 222 valence electrons. The van der Waals surface area contributed by atoms with Crippen LogP contribution >= 0.6 is 0 Å². The van der Waals surface area contributed by atoms with E-state index in [0.29, 0.717) is 11.8 Å². The Morgan fingerprint density at radius 3 is 1.88 bits per heavy atom. The summed E-state index contributed by atoms with van der Waals surface area (Å²) in [6.45, 7) is 34.3. The lowest BCUT2D eigenvalue weighted by atomic mass is 9.76. The SMILES string of the molecule is CC1CC2C=C3C(=CC2C1[Si](C)(C)N(C(C)(C)C)C(C)(C)C)c1ccc(-c2ccc(C(C)(C)C)cc2)cc1C3(C)C. The number of benzene rings is 2. The summed E-state index contributed by atoms with van der Waals surface area (Å²) in [6.07, 6.45) is 6.81. The van der Waals surface area contributed by atoms with Crippen LogP contribution in [0, 0.1) is 17.8 Å². The normalized spacial score (nSPS) is 25.9. The molecule has 3 aliphatic rings. The van der Waals surface area contributed by atoms with Gasteiger partial charge in [0, 0.05) is 16.5 Å². The summed E-state index contributed by atoms with van der Waals surface area (Å²) in [7, 11) is -1.82. The van der Waals surface area contributed by atoms with E-state index in [1.165, 1.54) is 39.8 Å². The van der Waals surface area contributed by atoms with Gasteiger partial charge in [0.05, 0.1) is 0 Å². The van der Waals surface area contributed by atoms with Crippen LogP contribution in [0.2, 0.25) is 18.6 Å². The number of rotatable bonds is 3. The highest BCUT2D eigenvalue weighted by atomic mass is 28.3. The summed E-state index contributed by atoms with van der Waals surface area (Å²) in [4.78, 5) is 0. The lowest BCUT2D eigenvalue weighted by Crippen LogP contribution is -2.67. The Labute approximate surface area is 253 Å². The quantitative estimate of drug-likeness (QED) is 0.333. The van der Waals surface area contributed by atoms with Crippen molar-refractivity contribution in [1.82, 2.24) is 4.57 Å². The van der Waals surface area contributed by atoms with E-state index in [0.717, 1.165) is 11.5 Å². The summed E-state index contributed by atoms with van der Waals surface area (Å²) >= 11 is 0. The van der Waals surface area contributed by atoms with Crippen molar-refractivity contribution in [2.24, 2.45) is 17.8 Å². The van der Waals surface area contributed by atoms with Crippen molar-refractivity contribution < 1.29 is 0 Å².